The average Bonchev–Trinajstić information content (AvgIpc) is 2.99. The van der Waals surface area contributed by atoms with Crippen molar-refractivity contribution in [3.05, 3.63) is 41.3 Å². The van der Waals surface area contributed by atoms with Crippen LogP contribution < -0.4 is 5.48 Å². The lowest BCUT2D eigenvalue weighted by molar-refractivity contribution is 0.282. The summed E-state index contributed by atoms with van der Waals surface area (Å²) >= 11 is 0. The topological polar surface area (TPSA) is 143 Å². The van der Waals surface area contributed by atoms with Crippen molar-refractivity contribution in [2.75, 3.05) is 71.9 Å². The molecular weight excluding hydrogens is 580 g/mol. The van der Waals surface area contributed by atoms with Crippen LogP contribution in [-0.4, -0.2) is 107 Å². The Morgan fingerprint density at radius 1 is 0.667 bits per heavy atom. The third-order valence-electron chi connectivity index (χ3n) is 7.90. The Kier molecular flexibility index (Phi) is 11.4. The summed E-state index contributed by atoms with van der Waals surface area (Å²) in [6.45, 7) is 12.9. The van der Waals surface area contributed by atoms with Gasteiger partial charge in [0.25, 0.3) is 0 Å². The molecule has 0 atom stereocenters. The lowest BCUT2D eigenvalue weighted by atomic mass is 9.99. The fraction of sp³-hybridized carbons (Fsp3) is 0.500. The first-order valence-electron chi connectivity index (χ1n) is 14.0. The molecule has 0 heterocycles. The van der Waals surface area contributed by atoms with E-state index in [1.165, 1.54) is 59.1 Å². The second-order valence-corrected chi connectivity index (χ2v) is 14.1. The van der Waals surface area contributed by atoms with Crippen LogP contribution in [0.1, 0.15) is 27.7 Å². The molecule has 14 heteroatoms. The number of nitrogens with one attached hydrogen (secondary N) is 1. The van der Waals surface area contributed by atoms with E-state index in [9.17, 15) is 26.9 Å². The van der Waals surface area contributed by atoms with Gasteiger partial charge in [0, 0.05) is 61.8 Å². The van der Waals surface area contributed by atoms with E-state index in [2.05, 4.69) is 20.5 Å². The van der Waals surface area contributed by atoms with Crippen molar-refractivity contribution in [1.29, 1.82) is 0 Å². The van der Waals surface area contributed by atoms with Gasteiger partial charge in [0.05, 0.1) is 15.5 Å². The van der Waals surface area contributed by atoms with Gasteiger partial charge in [-0.1, -0.05) is 39.8 Å². The maximum Gasteiger partial charge on any atom is 0.242 e. The van der Waals surface area contributed by atoms with Gasteiger partial charge >= 0.3 is 0 Å². The van der Waals surface area contributed by atoms with Crippen LogP contribution in [0.3, 0.4) is 0 Å². The molecule has 0 aliphatic heterocycles. The minimum Gasteiger partial charge on any atom is -0.303 e. The van der Waals surface area contributed by atoms with E-state index in [0.29, 0.717) is 23.9 Å². The van der Waals surface area contributed by atoms with Gasteiger partial charge in [-0.3, -0.25) is 10.7 Å². The number of rotatable bonds is 16. The second kappa shape index (κ2) is 14.2. The average molecular weight is 623 g/mol. The zero-order valence-electron chi connectivity index (χ0n) is 25.2. The third kappa shape index (κ3) is 6.75. The summed E-state index contributed by atoms with van der Waals surface area (Å²) in [4.78, 5) is 16.4. The van der Waals surface area contributed by atoms with Gasteiger partial charge in [0.15, 0.2) is 0 Å². The van der Waals surface area contributed by atoms with Crippen molar-refractivity contribution in [3.63, 3.8) is 0 Å². The fourth-order valence-electron chi connectivity index (χ4n) is 4.95. The minimum atomic E-state index is -3.93. The summed E-state index contributed by atoms with van der Waals surface area (Å²) in [5.41, 5.74) is 2.22. The smallest absolute Gasteiger partial charge is 0.242 e. The first-order valence-corrected chi connectivity index (χ1v) is 16.9. The van der Waals surface area contributed by atoms with Gasteiger partial charge in [-0.25, -0.2) is 16.8 Å². The highest BCUT2D eigenvalue weighted by Crippen LogP contribution is 2.43. The molecule has 0 radical (unpaired) electrons. The molecule has 12 nitrogen and oxygen atoms in total. The van der Waals surface area contributed by atoms with Gasteiger partial charge in [-0.05, 0) is 55.6 Å². The van der Waals surface area contributed by atoms with E-state index >= 15 is 0 Å². The zero-order valence-corrected chi connectivity index (χ0v) is 26.8. The summed E-state index contributed by atoms with van der Waals surface area (Å²) in [5.74, 6) is 0. The fourth-order valence-corrected chi connectivity index (χ4v) is 7.33. The van der Waals surface area contributed by atoms with Crippen molar-refractivity contribution in [3.8, 4) is 0 Å². The molecule has 0 aliphatic rings. The van der Waals surface area contributed by atoms with Crippen LogP contribution in [0.2, 0.25) is 0 Å². The molecule has 2 N–H and O–H groups in total. The van der Waals surface area contributed by atoms with Gasteiger partial charge < -0.3 is 9.80 Å². The Labute approximate surface area is 248 Å². The van der Waals surface area contributed by atoms with E-state index in [0.717, 1.165) is 26.2 Å². The maximum absolute atomic E-state index is 13.4. The Morgan fingerprint density at radius 3 is 1.36 bits per heavy atom. The Morgan fingerprint density at radius 2 is 1.05 bits per heavy atom. The van der Waals surface area contributed by atoms with Crippen LogP contribution in [0.4, 0.5) is 11.4 Å². The zero-order chi connectivity index (χ0) is 31.2. The number of fused-ring (bicyclic) bond motifs is 2. The van der Waals surface area contributed by atoms with Gasteiger partial charge in [0.2, 0.25) is 20.0 Å². The number of benzene rings is 3. The number of nitroso groups, excluding NO2 is 1. The first-order chi connectivity index (χ1) is 19.9. The quantitative estimate of drug-likeness (QED) is 0.137. The van der Waals surface area contributed by atoms with E-state index in [1.54, 1.807) is 0 Å². The normalized spacial score (nSPS) is 12.8. The van der Waals surface area contributed by atoms with Crippen LogP contribution >= 0.6 is 0 Å². The van der Waals surface area contributed by atoms with Crippen molar-refractivity contribution in [2.24, 2.45) is 5.18 Å². The SMILES string of the molecule is CCN(CC)CCN(C)S(=O)(=O)c1ccc2c(NO)c3ccc(S(=O)(=O)N(C)CCN(CC)CC)cc3c(N=O)c2c1. The number of likely N-dealkylation sites (N-methyl/N-ethyl adjacent to an activating group) is 4. The van der Waals surface area contributed by atoms with Gasteiger partial charge in [-0.15, -0.1) is 4.91 Å². The van der Waals surface area contributed by atoms with Crippen molar-refractivity contribution < 1.29 is 22.0 Å². The first kappa shape index (κ1) is 33.8. The Bertz CT molecular complexity index is 1510. The largest absolute Gasteiger partial charge is 0.303 e. The number of hydrogen-bond donors (Lipinski definition) is 2. The Balaban J connectivity index is 2.14. The van der Waals surface area contributed by atoms with E-state index in [4.69, 9.17) is 0 Å². The molecule has 0 saturated heterocycles. The highest BCUT2D eigenvalue weighted by molar-refractivity contribution is 7.89. The molecule has 0 spiro atoms. The van der Waals surface area contributed by atoms with E-state index < -0.39 is 20.0 Å². The Hall–Kier alpha value is -2.72. The van der Waals surface area contributed by atoms with Crippen molar-refractivity contribution in [2.45, 2.75) is 37.5 Å². The predicted molar refractivity (Wildman–Crippen MR) is 168 cm³/mol. The highest BCUT2D eigenvalue weighted by atomic mass is 32.2. The summed E-state index contributed by atoms with van der Waals surface area (Å²) in [6.07, 6.45) is 0. The molecule has 3 aromatic rings. The van der Waals surface area contributed by atoms with Gasteiger partial charge in [-0.2, -0.15) is 8.61 Å². The van der Waals surface area contributed by atoms with Crippen LogP contribution in [0.15, 0.2) is 51.4 Å². The van der Waals surface area contributed by atoms with Crippen LogP contribution in [0.5, 0.6) is 0 Å². The molecule has 0 amide bonds. The maximum atomic E-state index is 13.4. The third-order valence-corrected chi connectivity index (χ3v) is 11.6. The molecule has 0 unspecified atom stereocenters. The van der Waals surface area contributed by atoms with Crippen molar-refractivity contribution in [1.82, 2.24) is 18.4 Å². The van der Waals surface area contributed by atoms with E-state index in [1.807, 2.05) is 27.7 Å². The summed E-state index contributed by atoms with van der Waals surface area (Å²) in [7, 11) is -4.86. The highest BCUT2D eigenvalue weighted by Gasteiger charge is 2.26. The van der Waals surface area contributed by atoms with Crippen LogP contribution in [0.25, 0.3) is 21.5 Å². The second-order valence-electron chi connectivity index (χ2n) is 10.0. The standard InChI is InChI=1S/C28H42N6O6S2/c1-7-33(8-2)17-15-31(5)41(37,38)21-11-13-23-25(19-21)28(30-36)26-20-22(12-14-24(26)27(23)29-35)42(39,40)32(6)16-18-34(9-3)10-4/h11-14,19-20,29,35H,7-10,15-18H2,1-6H3. The molecule has 0 bridgehead atoms. The predicted octanol–water partition coefficient (Wildman–Crippen LogP) is 4.12. The van der Waals surface area contributed by atoms with Crippen LogP contribution in [0, 0.1) is 4.91 Å². The molecule has 3 rings (SSSR count). The molecule has 0 saturated carbocycles. The molecule has 232 valence electrons. The summed E-state index contributed by atoms with van der Waals surface area (Å²) < 4.78 is 56.3. The molecular formula is C28H42N6O6S2. The van der Waals surface area contributed by atoms with Crippen molar-refractivity contribution >= 4 is 53.0 Å². The summed E-state index contributed by atoms with van der Waals surface area (Å²) in [5, 5.41) is 14.3. The molecule has 0 fully saturated rings. The number of hydrogen-bond acceptors (Lipinski definition) is 10. The minimum absolute atomic E-state index is 0.0508. The van der Waals surface area contributed by atoms with Gasteiger partial charge in [0.1, 0.15) is 5.69 Å². The molecule has 42 heavy (non-hydrogen) atoms. The number of nitrogens with zero attached hydrogens (tertiary/aromatic N) is 5. The monoisotopic (exact) mass is 622 g/mol. The molecule has 3 aromatic carbocycles. The number of sulfonamides is 2. The van der Waals surface area contributed by atoms with Crippen LogP contribution in [-0.2, 0) is 20.0 Å². The molecule has 0 aromatic heterocycles. The van der Waals surface area contributed by atoms with E-state index in [-0.39, 0.29) is 45.0 Å². The lowest BCUT2D eigenvalue weighted by Gasteiger charge is -2.23. The number of anilines is 1. The lowest BCUT2D eigenvalue weighted by Crippen LogP contribution is -2.36. The summed E-state index contributed by atoms with van der Waals surface area (Å²) in [6, 6.07) is 8.50. The molecule has 0 aliphatic carbocycles.